The van der Waals surface area contributed by atoms with E-state index in [-0.39, 0.29) is 35.8 Å². The Balaban J connectivity index is 0.00000341. The molecule has 3 aromatic rings. The lowest BCUT2D eigenvalue weighted by molar-refractivity contribution is 0.336. The molecule has 0 aliphatic rings. The van der Waals surface area contributed by atoms with Gasteiger partial charge in [-0.1, -0.05) is 12.1 Å². The number of hydrogen-bond acceptors (Lipinski definition) is 5. The molecule has 0 saturated heterocycles. The molecule has 0 aliphatic heterocycles. The summed E-state index contributed by atoms with van der Waals surface area (Å²) in [6, 6.07) is 12.8. The summed E-state index contributed by atoms with van der Waals surface area (Å²) in [5.74, 6) is 3.01. The SMILES string of the molecule is CCNC(=NCc1cc(OC)ccc1O)NC(C)c1cc2cccc(OCC)c2o1.I. The Hall–Kier alpha value is -2.62. The first kappa shape index (κ1) is 24.6. The molecule has 3 N–H and O–H groups in total. The van der Waals surface area contributed by atoms with Crippen LogP contribution in [-0.4, -0.2) is 31.3 Å². The molecule has 0 aliphatic carbocycles. The first-order valence-electron chi connectivity index (χ1n) is 10.1. The van der Waals surface area contributed by atoms with Gasteiger partial charge in [0.05, 0.1) is 26.3 Å². The number of para-hydroxylation sites is 1. The van der Waals surface area contributed by atoms with Crippen molar-refractivity contribution in [2.24, 2.45) is 4.99 Å². The Morgan fingerprint density at radius 1 is 1.19 bits per heavy atom. The Kier molecular flexibility index (Phi) is 9.29. The van der Waals surface area contributed by atoms with Crippen molar-refractivity contribution in [3.63, 3.8) is 0 Å². The smallest absolute Gasteiger partial charge is 0.192 e. The zero-order valence-corrected chi connectivity index (χ0v) is 20.6. The van der Waals surface area contributed by atoms with Gasteiger partial charge in [-0.3, -0.25) is 0 Å². The fourth-order valence-electron chi connectivity index (χ4n) is 3.11. The predicted octanol–water partition coefficient (Wildman–Crippen LogP) is 4.98. The van der Waals surface area contributed by atoms with E-state index in [0.29, 0.717) is 37.0 Å². The predicted molar refractivity (Wildman–Crippen MR) is 134 cm³/mol. The van der Waals surface area contributed by atoms with Gasteiger partial charge in [-0.2, -0.15) is 0 Å². The van der Waals surface area contributed by atoms with Crippen molar-refractivity contribution >= 4 is 40.9 Å². The summed E-state index contributed by atoms with van der Waals surface area (Å²) < 4.78 is 17.0. The Morgan fingerprint density at radius 3 is 2.71 bits per heavy atom. The van der Waals surface area contributed by atoms with Crippen LogP contribution in [0.25, 0.3) is 11.0 Å². The van der Waals surface area contributed by atoms with Crippen LogP contribution >= 0.6 is 24.0 Å². The highest BCUT2D eigenvalue weighted by Crippen LogP contribution is 2.31. The summed E-state index contributed by atoms with van der Waals surface area (Å²) >= 11 is 0. The number of ether oxygens (including phenoxy) is 2. The lowest BCUT2D eigenvalue weighted by Gasteiger charge is -2.16. The second-order valence-corrected chi connectivity index (χ2v) is 6.81. The third-order valence-corrected chi connectivity index (χ3v) is 4.65. The van der Waals surface area contributed by atoms with Crippen LogP contribution in [0.1, 0.15) is 38.1 Å². The average molecular weight is 539 g/mol. The van der Waals surface area contributed by atoms with Gasteiger partial charge in [0, 0.05) is 17.5 Å². The fraction of sp³-hybridized carbons (Fsp3) is 0.348. The normalized spacial score (nSPS) is 12.2. The molecule has 0 spiro atoms. The van der Waals surface area contributed by atoms with Crippen molar-refractivity contribution in [2.45, 2.75) is 33.4 Å². The first-order chi connectivity index (χ1) is 14.5. The largest absolute Gasteiger partial charge is 0.508 e. The van der Waals surface area contributed by atoms with Crippen molar-refractivity contribution < 1.29 is 19.0 Å². The minimum atomic E-state index is -0.122. The number of phenolic OH excluding ortho intramolecular Hbond substituents is 1. The standard InChI is InChI=1S/C23H29N3O4.HI/c1-5-24-23(25-14-17-12-18(28-4)10-11-19(17)27)26-15(3)21-13-16-8-7-9-20(29-6-2)22(16)30-21;/h7-13,15,27H,5-6,14H2,1-4H3,(H2,24,25,26);1H. The van der Waals surface area contributed by atoms with Crippen LogP contribution in [0.4, 0.5) is 0 Å². The second kappa shape index (κ2) is 11.7. The maximum Gasteiger partial charge on any atom is 0.192 e. The number of aromatic hydroxyl groups is 1. The summed E-state index contributed by atoms with van der Waals surface area (Å²) in [6.45, 7) is 7.55. The molecule has 0 amide bonds. The Labute approximate surface area is 199 Å². The molecule has 2 aromatic carbocycles. The maximum atomic E-state index is 10.1. The van der Waals surface area contributed by atoms with Gasteiger partial charge in [-0.25, -0.2) is 4.99 Å². The number of aliphatic imine (C=N–C) groups is 1. The quantitative estimate of drug-likeness (QED) is 0.213. The number of halogens is 1. The molecule has 0 saturated carbocycles. The number of fused-ring (bicyclic) bond motifs is 1. The van der Waals surface area contributed by atoms with E-state index in [9.17, 15) is 5.11 Å². The zero-order valence-electron chi connectivity index (χ0n) is 18.3. The van der Waals surface area contributed by atoms with Gasteiger partial charge in [0.1, 0.15) is 17.3 Å². The molecule has 8 heteroatoms. The van der Waals surface area contributed by atoms with Crippen LogP contribution in [0.15, 0.2) is 51.9 Å². The highest BCUT2D eigenvalue weighted by atomic mass is 127. The number of phenols is 1. The molecule has 0 bridgehead atoms. The van der Waals surface area contributed by atoms with Gasteiger partial charge in [-0.05, 0) is 51.1 Å². The van der Waals surface area contributed by atoms with Gasteiger partial charge in [0.25, 0.3) is 0 Å². The number of hydrogen-bond donors (Lipinski definition) is 3. The Morgan fingerprint density at radius 2 is 2.00 bits per heavy atom. The van der Waals surface area contributed by atoms with E-state index in [1.807, 2.05) is 45.0 Å². The summed E-state index contributed by atoms with van der Waals surface area (Å²) in [6.07, 6.45) is 0. The van der Waals surface area contributed by atoms with E-state index in [2.05, 4.69) is 15.6 Å². The third kappa shape index (κ3) is 6.19. The van der Waals surface area contributed by atoms with Crippen LogP contribution in [0, 0.1) is 0 Å². The van der Waals surface area contributed by atoms with E-state index >= 15 is 0 Å². The third-order valence-electron chi connectivity index (χ3n) is 4.65. The molecule has 1 atom stereocenters. The average Bonchev–Trinajstić information content (AvgIpc) is 3.19. The minimum absolute atomic E-state index is 0. The topological polar surface area (TPSA) is 88.3 Å². The molecule has 0 radical (unpaired) electrons. The first-order valence-corrected chi connectivity index (χ1v) is 10.1. The van der Waals surface area contributed by atoms with Crippen molar-refractivity contribution in [1.29, 1.82) is 0 Å². The van der Waals surface area contributed by atoms with Crippen LogP contribution in [0.5, 0.6) is 17.2 Å². The van der Waals surface area contributed by atoms with Crippen LogP contribution in [0.3, 0.4) is 0 Å². The summed E-state index contributed by atoms with van der Waals surface area (Å²) in [4.78, 5) is 4.60. The minimum Gasteiger partial charge on any atom is -0.508 e. The molecule has 168 valence electrons. The van der Waals surface area contributed by atoms with Crippen LogP contribution in [0.2, 0.25) is 0 Å². The van der Waals surface area contributed by atoms with Crippen LogP contribution < -0.4 is 20.1 Å². The van der Waals surface area contributed by atoms with E-state index in [1.54, 1.807) is 25.3 Å². The van der Waals surface area contributed by atoms with E-state index in [4.69, 9.17) is 13.9 Å². The maximum absolute atomic E-state index is 10.1. The van der Waals surface area contributed by atoms with Gasteiger partial charge in [0.15, 0.2) is 17.3 Å². The summed E-state index contributed by atoms with van der Waals surface area (Å²) in [7, 11) is 1.59. The van der Waals surface area contributed by atoms with E-state index in [1.165, 1.54) is 0 Å². The molecule has 1 unspecified atom stereocenters. The highest BCUT2D eigenvalue weighted by Gasteiger charge is 2.15. The van der Waals surface area contributed by atoms with Crippen molar-refractivity contribution in [3.05, 3.63) is 53.8 Å². The lowest BCUT2D eigenvalue weighted by Crippen LogP contribution is -2.38. The van der Waals surface area contributed by atoms with E-state index in [0.717, 1.165) is 22.5 Å². The fourth-order valence-corrected chi connectivity index (χ4v) is 3.11. The molecular formula is C23H30IN3O4. The lowest BCUT2D eigenvalue weighted by atomic mass is 10.2. The molecule has 31 heavy (non-hydrogen) atoms. The summed E-state index contributed by atoms with van der Waals surface area (Å²) in [5.41, 5.74) is 1.43. The second-order valence-electron chi connectivity index (χ2n) is 6.81. The highest BCUT2D eigenvalue weighted by molar-refractivity contribution is 14.0. The molecule has 1 heterocycles. The zero-order chi connectivity index (χ0) is 21.5. The number of methoxy groups -OCH3 is 1. The number of guanidine groups is 1. The van der Waals surface area contributed by atoms with Crippen molar-refractivity contribution in [1.82, 2.24) is 10.6 Å². The number of furan rings is 1. The molecule has 1 aromatic heterocycles. The number of rotatable bonds is 8. The van der Waals surface area contributed by atoms with Gasteiger partial charge in [-0.15, -0.1) is 24.0 Å². The molecule has 3 rings (SSSR count). The van der Waals surface area contributed by atoms with Gasteiger partial charge in [0.2, 0.25) is 0 Å². The van der Waals surface area contributed by atoms with Gasteiger partial charge >= 0.3 is 0 Å². The number of nitrogens with one attached hydrogen (secondary N) is 2. The van der Waals surface area contributed by atoms with E-state index < -0.39 is 0 Å². The van der Waals surface area contributed by atoms with Crippen molar-refractivity contribution in [2.75, 3.05) is 20.3 Å². The number of nitrogens with zero attached hydrogens (tertiary/aromatic N) is 1. The molecule has 0 fully saturated rings. The van der Waals surface area contributed by atoms with Crippen molar-refractivity contribution in [3.8, 4) is 17.2 Å². The monoisotopic (exact) mass is 539 g/mol. The summed E-state index contributed by atoms with van der Waals surface area (Å²) in [5, 5.41) is 17.7. The van der Waals surface area contributed by atoms with Crippen LogP contribution in [-0.2, 0) is 6.54 Å². The Bertz CT molecular complexity index is 1020. The number of benzene rings is 2. The molecule has 7 nitrogen and oxygen atoms in total. The van der Waals surface area contributed by atoms with Gasteiger partial charge < -0.3 is 29.6 Å². The molecular weight excluding hydrogens is 509 g/mol.